The van der Waals surface area contributed by atoms with E-state index in [-0.39, 0.29) is 11.8 Å². The molecule has 0 atom stereocenters. The molecule has 3 rings (SSSR count). The second-order valence-electron chi connectivity index (χ2n) is 7.92. The maximum atomic E-state index is 12.2. The molecule has 2 amide bonds. The summed E-state index contributed by atoms with van der Waals surface area (Å²) in [7, 11) is 0. The molecule has 1 aliphatic heterocycles. The maximum absolute atomic E-state index is 12.2. The molecule has 0 saturated carbocycles. The van der Waals surface area contributed by atoms with Crippen molar-refractivity contribution in [2.45, 2.75) is 25.9 Å². The highest BCUT2D eigenvalue weighted by Crippen LogP contribution is 2.15. The Labute approximate surface area is 199 Å². The van der Waals surface area contributed by atoms with Crippen LogP contribution in [0.1, 0.15) is 24.0 Å². The third-order valence-corrected chi connectivity index (χ3v) is 6.38. The Balaban J connectivity index is 1.26. The van der Waals surface area contributed by atoms with Crippen molar-refractivity contribution in [3.63, 3.8) is 0 Å². The number of nitrogens with zero attached hydrogens (tertiary/aromatic N) is 2. The summed E-state index contributed by atoms with van der Waals surface area (Å²) in [6, 6.07) is 15.1. The Morgan fingerprint density at radius 1 is 0.688 bits per heavy atom. The summed E-state index contributed by atoms with van der Waals surface area (Å²) in [5.74, 6) is 0.0603. The van der Waals surface area contributed by atoms with E-state index in [0.29, 0.717) is 36.0 Å². The predicted molar refractivity (Wildman–Crippen MR) is 129 cm³/mol. The van der Waals surface area contributed by atoms with E-state index < -0.39 is 0 Å². The summed E-state index contributed by atoms with van der Waals surface area (Å²) >= 11 is 12.2. The Morgan fingerprint density at radius 2 is 1.06 bits per heavy atom. The zero-order chi connectivity index (χ0) is 22.8. The van der Waals surface area contributed by atoms with Crippen molar-refractivity contribution in [1.82, 2.24) is 20.4 Å². The van der Waals surface area contributed by atoms with Crippen LogP contribution in [0.25, 0.3) is 0 Å². The van der Waals surface area contributed by atoms with Gasteiger partial charge in [-0.25, -0.2) is 0 Å². The molecule has 1 aliphatic rings. The SMILES string of the molecule is O=C(CCN1CCN(CCC(=O)NCc2ccccc2Cl)CC1)NCc1ccccc1Cl. The first-order valence-electron chi connectivity index (χ1n) is 11.0. The molecule has 2 N–H and O–H groups in total. The molecule has 6 nitrogen and oxygen atoms in total. The minimum absolute atomic E-state index is 0.0301. The lowest BCUT2D eigenvalue weighted by Crippen LogP contribution is -2.47. The number of hydrogen-bond acceptors (Lipinski definition) is 4. The van der Waals surface area contributed by atoms with Crippen molar-refractivity contribution in [3.05, 3.63) is 69.7 Å². The third kappa shape index (κ3) is 8.10. The lowest BCUT2D eigenvalue weighted by Gasteiger charge is -2.34. The van der Waals surface area contributed by atoms with E-state index in [0.717, 1.165) is 50.4 Å². The van der Waals surface area contributed by atoms with E-state index in [2.05, 4.69) is 20.4 Å². The number of carbonyl (C=O) groups is 2. The summed E-state index contributed by atoms with van der Waals surface area (Å²) < 4.78 is 0. The molecule has 172 valence electrons. The van der Waals surface area contributed by atoms with Gasteiger partial charge in [-0.1, -0.05) is 59.6 Å². The summed E-state index contributed by atoms with van der Waals surface area (Å²) in [5, 5.41) is 7.21. The van der Waals surface area contributed by atoms with E-state index in [4.69, 9.17) is 23.2 Å². The highest BCUT2D eigenvalue weighted by atomic mass is 35.5. The molecular formula is C24H30Cl2N4O2. The van der Waals surface area contributed by atoms with Gasteiger partial charge in [-0.2, -0.15) is 0 Å². The molecule has 0 unspecified atom stereocenters. The highest BCUT2D eigenvalue weighted by molar-refractivity contribution is 6.31. The highest BCUT2D eigenvalue weighted by Gasteiger charge is 2.18. The third-order valence-electron chi connectivity index (χ3n) is 5.64. The topological polar surface area (TPSA) is 64.7 Å². The van der Waals surface area contributed by atoms with Gasteiger partial charge in [0.25, 0.3) is 0 Å². The summed E-state index contributed by atoms with van der Waals surface area (Å²) in [6.07, 6.45) is 0.934. The molecule has 0 radical (unpaired) electrons. The first-order valence-corrected chi connectivity index (χ1v) is 11.7. The van der Waals surface area contributed by atoms with Gasteiger partial charge in [0.2, 0.25) is 11.8 Å². The van der Waals surface area contributed by atoms with E-state index >= 15 is 0 Å². The zero-order valence-corrected chi connectivity index (χ0v) is 19.7. The van der Waals surface area contributed by atoms with Crippen LogP contribution >= 0.6 is 23.2 Å². The predicted octanol–water partition coefficient (Wildman–Crippen LogP) is 3.32. The molecule has 0 bridgehead atoms. The van der Waals surface area contributed by atoms with Gasteiger partial charge < -0.3 is 20.4 Å². The molecule has 2 aromatic carbocycles. The quantitative estimate of drug-likeness (QED) is 0.551. The van der Waals surface area contributed by atoms with Crippen LogP contribution in [0.5, 0.6) is 0 Å². The van der Waals surface area contributed by atoms with Crippen molar-refractivity contribution >= 4 is 35.0 Å². The number of hydrogen-bond donors (Lipinski definition) is 2. The molecular weight excluding hydrogens is 447 g/mol. The van der Waals surface area contributed by atoms with Gasteiger partial charge in [-0.3, -0.25) is 9.59 Å². The molecule has 32 heavy (non-hydrogen) atoms. The fourth-order valence-electron chi connectivity index (χ4n) is 3.60. The van der Waals surface area contributed by atoms with E-state index in [1.165, 1.54) is 0 Å². The van der Waals surface area contributed by atoms with Gasteiger partial charge in [0.05, 0.1) is 0 Å². The zero-order valence-electron chi connectivity index (χ0n) is 18.2. The molecule has 8 heteroatoms. The van der Waals surface area contributed by atoms with Gasteiger partial charge >= 0.3 is 0 Å². The first-order chi connectivity index (χ1) is 15.5. The number of rotatable bonds is 10. The lowest BCUT2D eigenvalue weighted by atomic mass is 10.2. The van der Waals surface area contributed by atoms with Gasteiger partial charge in [0.1, 0.15) is 0 Å². The van der Waals surface area contributed by atoms with Crippen molar-refractivity contribution < 1.29 is 9.59 Å². The molecule has 0 aromatic heterocycles. The van der Waals surface area contributed by atoms with Crippen LogP contribution < -0.4 is 10.6 Å². The normalized spacial score (nSPS) is 14.8. The van der Waals surface area contributed by atoms with E-state index in [1.54, 1.807) is 0 Å². The molecule has 0 aliphatic carbocycles. The standard InChI is InChI=1S/C24H30Cl2N4O2/c25-21-7-3-1-5-19(21)17-27-23(31)9-11-29-13-15-30(16-14-29)12-10-24(32)28-18-20-6-2-4-8-22(20)26/h1-8H,9-18H2,(H,27,31)(H,28,32). The van der Waals surface area contributed by atoms with Crippen molar-refractivity contribution in [2.24, 2.45) is 0 Å². The van der Waals surface area contributed by atoms with Gasteiger partial charge in [-0.05, 0) is 23.3 Å². The maximum Gasteiger partial charge on any atom is 0.221 e. The number of nitrogens with one attached hydrogen (secondary N) is 2. The van der Waals surface area contributed by atoms with Crippen LogP contribution in [0.4, 0.5) is 0 Å². The Kier molecular flexibility index (Phi) is 9.81. The lowest BCUT2D eigenvalue weighted by molar-refractivity contribution is -0.122. The number of carbonyl (C=O) groups excluding carboxylic acids is 2. The Morgan fingerprint density at radius 3 is 1.44 bits per heavy atom. The van der Waals surface area contributed by atoms with Gasteiger partial charge in [0, 0.05) is 75.2 Å². The van der Waals surface area contributed by atoms with Gasteiger partial charge in [0.15, 0.2) is 0 Å². The van der Waals surface area contributed by atoms with Crippen LogP contribution in [0.15, 0.2) is 48.5 Å². The van der Waals surface area contributed by atoms with Crippen molar-refractivity contribution in [1.29, 1.82) is 0 Å². The summed E-state index contributed by atoms with van der Waals surface area (Å²) in [5.41, 5.74) is 1.85. The second kappa shape index (κ2) is 12.8. The minimum atomic E-state index is 0.0301. The number of amides is 2. The average molecular weight is 477 g/mol. The second-order valence-corrected chi connectivity index (χ2v) is 8.73. The molecule has 1 heterocycles. The molecule has 0 spiro atoms. The monoisotopic (exact) mass is 476 g/mol. The smallest absolute Gasteiger partial charge is 0.221 e. The average Bonchev–Trinajstić information content (AvgIpc) is 2.81. The van der Waals surface area contributed by atoms with Gasteiger partial charge in [-0.15, -0.1) is 0 Å². The Bertz CT molecular complexity index is 828. The molecule has 2 aromatic rings. The number of piperazine rings is 1. The Hall–Kier alpha value is -2.12. The van der Waals surface area contributed by atoms with Crippen LogP contribution in [0, 0.1) is 0 Å². The van der Waals surface area contributed by atoms with Crippen LogP contribution in [0.2, 0.25) is 10.0 Å². The fraction of sp³-hybridized carbons (Fsp3) is 0.417. The van der Waals surface area contributed by atoms with Crippen LogP contribution in [0.3, 0.4) is 0 Å². The molecule has 1 fully saturated rings. The number of benzene rings is 2. The summed E-state index contributed by atoms with van der Waals surface area (Å²) in [4.78, 5) is 28.9. The van der Waals surface area contributed by atoms with Crippen LogP contribution in [-0.4, -0.2) is 60.9 Å². The molecule has 1 saturated heterocycles. The van der Waals surface area contributed by atoms with Crippen molar-refractivity contribution in [2.75, 3.05) is 39.3 Å². The van der Waals surface area contributed by atoms with Crippen molar-refractivity contribution in [3.8, 4) is 0 Å². The minimum Gasteiger partial charge on any atom is -0.352 e. The summed E-state index contributed by atoms with van der Waals surface area (Å²) in [6.45, 7) is 5.98. The van der Waals surface area contributed by atoms with E-state index in [1.807, 2.05) is 48.5 Å². The van der Waals surface area contributed by atoms with E-state index in [9.17, 15) is 9.59 Å². The largest absolute Gasteiger partial charge is 0.352 e. The first kappa shape index (κ1) is 24.5. The van der Waals surface area contributed by atoms with Crippen LogP contribution in [-0.2, 0) is 22.7 Å². The fourth-order valence-corrected chi connectivity index (χ4v) is 4.01. The number of halogens is 2.